The molecule has 0 saturated carbocycles. The smallest absolute Gasteiger partial charge is 0.0858 e. The summed E-state index contributed by atoms with van der Waals surface area (Å²) in [6.07, 6.45) is 0.866. The van der Waals surface area contributed by atoms with Gasteiger partial charge in [-0.05, 0) is 37.6 Å². The number of nitrogens with two attached hydrogens (primary N) is 1. The van der Waals surface area contributed by atoms with Crippen LogP contribution < -0.4 is 5.73 Å². The molecule has 0 amide bonds. The van der Waals surface area contributed by atoms with Crippen molar-refractivity contribution >= 4 is 29.1 Å². The van der Waals surface area contributed by atoms with Crippen molar-refractivity contribution in [3.05, 3.63) is 40.7 Å². The minimum absolute atomic E-state index is 0.786. The van der Waals surface area contributed by atoms with E-state index in [1.807, 2.05) is 28.9 Å². The van der Waals surface area contributed by atoms with Gasteiger partial charge in [-0.15, -0.1) is 11.8 Å². The van der Waals surface area contributed by atoms with Crippen LogP contribution in [0.1, 0.15) is 25.2 Å². The molecule has 2 N–H and O–H groups in total. The maximum atomic E-state index is 6.38. The van der Waals surface area contributed by atoms with E-state index in [0.717, 1.165) is 40.8 Å². The van der Waals surface area contributed by atoms with Crippen LogP contribution in [0.4, 0.5) is 5.69 Å². The summed E-state index contributed by atoms with van der Waals surface area (Å²) in [5.41, 5.74) is 8.55. The first kappa shape index (κ1) is 14.3. The van der Waals surface area contributed by atoms with E-state index in [4.69, 9.17) is 17.3 Å². The second-order valence-corrected chi connectivity index (χ2v) is 5.66. The highest BCUT2D eigenvalue weighted by Crippen LogP contribution is 2.29. The molecule has 0 spiro atoms. The van der Waals surface area contributed by atoms with Crippen LogP contribution in [0, 0.1) is 0 Å². The highest BCUT2D eigenvalue weighted by Gasteiger charge is 2.14. The molecule has 0 atom stereocenters. The summed E-state index contributed by atoms with van der Waals surface area (Å²) in [5.74, 6) is 0.823. The molecular weight excluding hydrogens is 278 g/mol. The van der Waals surface area contributed by atoms with E-state index in [1.54, 1.807) is 11.8 Å². The second kappa shape index (κ2) is 6.35. The summed E-state index contributed by atoms with van der Waals surface area (Å²) in [5, 5.41) is 5.34. The van der Waals surface area contributed by atoms with Gasteiger partial charge in [0, 0.05) is 22.9 Å². The van der Waals surface area contributed by atoms with Crippen molar-refractivity contribution in [2.75, 3.05) is 5.73 Å². The monoisotopic (exact) mass is 295 g/mol. The molecule has 0 aliphatic carbocycles. The minimum atomic E-state index is 0.786. The molecule has 0 aliphatic heterocycles. The van der Waals surface area contributed by atoms with E-state index in [2.05, 4.69) is 18.9 Å². The minimum Gasteiger partial charge on any atom is -0.399 e. The predicted molar refractivity (Wildman–Crippen MR) is 82.7 cm³/mol. The fraction of sp³-hybridized carbons (Fsp3) is 0.357. The summed E-state index contributed by atoms with van der Waals surface area (Å²) in [6.45, 7) is 5.00. The zero-order valence-corrected chi connectivity index (χ0v) is 12.8. The highest BCUT2D eigenvalue weighted by molar-refractivity contribution is 7.98. The SMILES string of the molecule is CCc1nn(CC)c(CSc2ccc(N)cc2)c1Cl. The Hall–Kier alpha value is -1.13. The Kier molecular flexibility index (Phi) is 4.77. The molecule has 0 fully saturated rings. The van der Waals surface area contributed by atoms with Gasteiger partial charge in [-0.2, -0.15) is 5.10 Å². The molecule has 0 saturated heterocycles. The van der Waals surface area contributed by atoms with Gasteiger partial charge in [0.2, 0.25) is 0 Å². The number of anilines is 1. The molecule has 0 radical (unpaired) electrons. The summed E-state index contributed by atoms with van der Waals surface area (Å²) >= 11 is 8.13. The van der Waals surface area contributed by atoms with E-state index in [1.165, 1.54) is 4.90 Å². The molecule has 19 heavy (non-hydrogen) atoms. The molecule has 1 heterocycles. The average molecular weight is 296 g/mol. The zero-order chi connectivity index (χ0) is 13.8. The van der Waals surface area contributed by atoms with Crippen LogP contribution in [0.3, 0.4) is 0 Å². The number of thioether (sulfide) groups is 1. The second-order valence-electron chi connectivity index (χ2n) is 4.23. The Morgan fingerprint density at radius 2 is 1.95 bits per heavy atom. The molecule has 0 aliphatic rings. The standard InChI is InChI=1S/C14H18ClN3S/c1-3-12-14(15)13(18(4-2)17-12)9-19-11-7-5-10(16)6-8-11/h5-8H,3-4,9,16H2,1-2H3. The number of rotatable bonds is 5. The Labute approximate surface area is 123 Å². The van der Waals surface area contributed by atoms with Gasteiger partial charge < -0.3 is 5.73 Å². The molecule has 2 rings (SSSR count). The van der Waals surface area contributed by atoms with Crippen LogP contribution in [-0.4, -0.2) is 9.78 Å². The molecular formula is C14H18ClN3S. The lowest BCUT2D eigenvalue weighted by Gasteiger charge is -2.05. The summed E-state index contributed by atoms with van der Waals surface area (Å²) in [7, 11) is 0. The van der Waals surface area contributed by atoms with Crippen molar-refractivity contribution in [3.8, 4) is 0 Å². The Morgan fingerprint density at radius 3 is 2.53 bits per heavy atom. The Bertz CT molecular complexity index is 549. The zero-order valence-electron chi connectivity index (χ0n) is 11.2. The lowest BCUT2D eigenvalue weighted by Crippen LogP contribution is -2.01. The van der Waals surface area contributed by atoms with Crippen molar-refractivity contribution in [2.45, 2.75) is 37.5 Å². The first-order valence-electron chi connectivity index (χ1n) is 6.38. The quantitative estimate of drug-likeness (QED) is 0.670. The van der Waals surface area contributed by atoms with Crippen molar-refractivity contribution in [2.24, 2.45) is 0 Å². The highest BCUT2D eigenvalue weighted by atomic mass is 35.5. The van der Waals surface area contributed by atoms with E-state index in [0.29, 0.717) is 0 Å². The number of aromatic nitrogens is 2. The Morgan fingerprint density at radius 1 is 1.26 bits per heavy atom. The van der Waals surface area contributed by atoms with Crippen LogP contribution in [-0.2, 0) is 18.7 Å². The van der Waals surface area contributed by atoms with Crippen molar-refractivity contribution in [1.29, 1.82) is 0 Å². The average Bonchev–Trinajstić information content (AvgIpc) is 2.74. The van der Waals surface area contributed by atoms with E-state index in [-0.39, 0.29) is 0 Å². The number of nitrogens with zero attached hydrogens (tertiary/aromatic N) is 2. The van der Waals surface area contributed by atoms with Crippen molar-refractivity contribution < 1.29 is 0 Å². The fourth-order valence-corrected chi connectivity index (χ4v) is 3.21. The number of benzene rings is 1. The van der Waals surface area contributed by atoms with Gasteiger partial charge in [0.1, 0.15) is 0 Å². The molecule has 3 nitrogen and oxygen atoms in total. The van der Waals surface area contributed by atoms with Crippen LogP contribution in [0.2, 0.25) is 5.02 Å². The topological polar surface area (TPSA) is 43.8 Å². The number of halogens is 1. The van der Waals surface area contributed by atoms with Crippen molar-refractivity contribution in [3.63, 3.8) is 0 Å². The van der Waals surface area contributed by atoms with Crippen LogP contribution in [0.25, 0.3) is 0 Å². The number of aryl methyl sites for hydroxylation is 2. The van der Waals surface area contributed by atoms with E-state index >= 15 is 0 Å². The number of hydrogen-bond donors (Lipinski definition) is 1. The predicted octanol–water partition coefficient (Wildman–Crippen LogP) is 3.99. The fourth-order valence-electron chi connectivity index (χ4n) is 1.87. The van der Waals surface area contributed by atoms with Gasteiger partial charge in [-0.25, -0.2) is 0 Å². The normalized spacial score (nSPS) is 10.9. The molecule has 1 aromatic heterocycles. The number of nitrogen functional groups attached to an aromatic ring is 1. The first-order valence-corrected chi connectivity index (χ1v) is 7.74. The van der Waals surface area contributed by atoms with Gasteiger partial charge in [0.05, 0.1) is 16.4 Å². The lowest BCUT2D eigenvalue weighted by atomic mass is 10.3. The van der Waals surface area contributed by atoms with Gasteiger partial charge in [0.15, 0.2) is 0 Å². The largest absolute Gasteiger partial charge is 0.399 e. The van der Waals surface area contributed by atoms with Gasteiger partial charge in [-0.1, -0.05) is 18.5 Å². The first-order chi connectivity index (χ1) is 9.15. The molecule has 0 bridgehead atoms. The maximum absolute atomic E-state index is 6.38. The lowest BCUT2D eigenvalue weighted by molar-refractivity contribution is 0.628. The van der Waals surface area contributed by atoms with Crippen LogP contribution in [0.15, 0.2) is 29.2 Å². The third-order valence-electron chi connectivity index (χ3n) is 2.95. The number of hydrogen-bond acceptors (Lipinski definition) is 3. The van der Waals surface area contributed by atoms with Crippen LogP contribution in [0.5, 0.6) is 0 Å². The molecule has 102 valence electrons. The molecule has 2 aromatic rings. The summed E-state index contributed by atoms with van der Waals surface area (Å²) < 4.78 is 1.99. The third kappa shape index (κ3) is 3.25. The molecule has 5 heteroatoms. The summed E-state index contributed by atoms with van der Waals surface area (Å²) in [4.78, 5) is 1.19. The molecule has 1 aromatic carbocycles. The van der Waals surface area contributed by atoms with Gasteiger partial charge in [-0.3, -0.25) is 4.68 Å². The van der Waals surface area contributed by atoms with Gasteiger partial charge in [0.25, 0.3) is 0 Å². The Balaban J connectivity index is 2.14. The maximum Gasteiger partial charge on any atom is 0.0858 e. The third-order valence-corrected chi connectivity index (χ3v) is 4.41. The van der Waals surface area contributed by atoms with E-state index < -0.39 is 0 Å². The van der Waals surface area contributed by atoms with E-state index in [9.17, 15) is 0 Å². The van der Waals surface area contributed by atoms with Gasteiger partial charge >= 0.3 is 0 Å². The summed E-state index contributed by atoms with van der Waals surface area (Å²) in [6, 6.07) is 7.89. The molecule has 0 unspecified atom stereocenters. The van der Waals surface area contributed by atoms with Crippen LogP contribution >= 0.6 is 23.4 Å². The van der Waals surface area contributed by atoms with Crippen molar-refractivity contribution in [1.82, 2.24) is 9.78 Å².